The zero-order chi connectivity index (χ0) is 9.42. The average Bonchev–Trinajstić information content (AvgIpc) is 2.40. The Labute approximate surface area is 80.3 Å². The van der Waals surface area contributed by atoms with E-state index < -0.39 is 0 Å². The number of anilines is 1. The Kier molecular flexibility index (Phi) is 1.84. The van der Waals surface area contributed by atoms with Gasteiger partial charge in [0.2, 0.25) is 0 Å². The van der Waals surface area contributed by atoms with Gasteiger partial charge in [0.15, 0.2) is 11.5 Å². The van der Waals surface area contributed by atoms with Crippen molar-refractivity contribution in [3.63, 3.8) is 0 Å². The minimum Gasteiger partial charge on any atom is -0.382 e. The summed E-state index contributed by atoms with van der Waals surface area (Å²) in [5.74, 6) is 0.525. The van der Waals surface area contributed by atoms with Crippen molar-refractivity contribution in [3.8, 4) is 0 Å². The van der Waals surface area contributed by atoms with Gasteiger partial charge in [-0.05, 0) is 12.5 Å². The maximum Gasteiger partial charge on any atom is 0.162 e. The second-order valence-corrected chi connectivity index (χ2v) is 3.12. The van der Waals surface area contributed by atoms with Gasteiger partial charge in [-0.1, -0.05) is 18.5 Å². The van der Waals surface area contributed by atoms with Crippen LogP contribution < -0.4 is 5.73 Å². The SMILES string of the molecule is CCc1c(N)nn2ccc(Cl)nc12. The van der Waals surface area contributed by atoms with Crippen LogP contribution in [0, 0.1) is 0 Å². The molecule has 0 unspecified atom stereocenters. The van der Waals surface area contributed by atoms with Crippen LogP contribution in [0.2, 0.25) is 5.15 Å². The van der Waals surface area contributed by atoms with Gasteiger partial charge in [-0.3, -0.25) is 0 Å². The number of fused-ring (bicyclic) bond motifs is 1. The molecule has 13 heavy (non-hydrogen) atoms. The van der Waals surface area contributed by atoms with Crippen LogP contribution in [-0.2, 0) is 6.42 Å². The molecular formula is C8H9ClN4. The van der Waals surface area contributed by atoms with Gasteiger partial charge in [0.25, 0.3) is 0 Å². The Hall–Kier alpha value is -1.29. The second-order valence-electron chi connectivity index (χ2n) is 2.74. The zero-order valence-corrected chi connectivity index (χ0v) is 7.91. The minimum absolute atomic E-state index is 0.460. The first kappa shape index (κ1) is 8.31. The first-order chi connectivity index (χ1) is 6.22. The summed E-state index contributed by atoms with van der Waals surface area (Å²) in [6.07, 6.45) is 2.56. The third-order valence-electron chi connectivity index (χ3n) is 1.93. The Morgan fingerprint density at radius 2 is 2.38 bits per heavy atom. The Morgan fingerprint density at radius 1 is 1.62 bits per heavy atom. The number of hydrogen-bond donors (Lipinski definition) is 1. The molecule has 0 amide bonds. The van der Waals surface area contributed by atoms with Crippen LogP contribution >= 0.6 is 11.6 Å². The van der Waals surface area contributed by atoms with Gasteiger partial charge in [0.05, 0.1) is 0 Å². The Bertz CT molecular complexity index is 449. The van der Waals surface area contributed by atoms with Crippen LogP contribution in [0.3, 0.4) is 0 Å². The van der Waals surface area contributed by atoms with Crippen LogP contribution in [0.1, 0.15) is 12.5 Å². The molecule has 0 saturated carbocycles. The summed E-state index contributed by atoms with van der Waals surface area (Å²) < 4.78 is 1.64. The third kappa shape index (κ3) is 1.23. The molecule has 0 saturated heterocycles. The van der Waals surface area contributed by atoms with Gasteiger partial charge in [-0.25, -0.2) is 9.50 Å². The molecule has 5 heteroatoms. The summed E-state index contributed by atoms with van der Waals surface area (Å²) in [4.78, 5) is 4.15. The number of aryl methyl sites for hydroxylation is 1. The van der Waals surface area contributed by atoms with Crippen LogP contribution in [0.5, 0.6) is 0 Å². The van der Waals surface area contributed by atoms with Crippen molar-refractivity contribution in [2.45, 2.75) is 13.3 Å². The topological polar surface area (TPSA) is 56.2 Å². The lowest BCUT2D eigenvalue weighted by molar-refractivity contribution is 0.945. The predicted molar refractivity (Wildman–Crippen MR) is 51.8 cm³/mol. The monoisotopic (exact) mass is 196 g/mol. The van der Waals surface area contributed by atoms with E-state index in [-0.39, 0.29) is 0 Å². The minimum atomic E-state index is 0.460. The summed E-state index contributed by atoms with van der Waals surface area (Å²) in [7, 11) is 0. The normalized spacial score (nSPS) is 10.9. The van der Waals surface area contributed by atoms with Crippen LogP contribution in [0.4, 0.5) is 5.82 Å². The number of aromatic nitrogens is 3. The molecular weight excluding hydrogens is 188 g/mol. The van der Waals surface area contributed by atoms with Crippen molar-refractivity contribution in [3.05, 3.63) is 23.0 Å². The highest BCUT2D eigenvalue weighted by atomic mass is 35.5. The molecule has 0 atom stereocenters. The molecule has 68 valence electrons. The van der Waals surface area contributed by atoms with E-state index in [9.17, 15) is 0 Å². The third-order valence-corrected chi connectivity index (χ3v) is 2.14. The van der Waals surface area contributed by atoms with E-state index in [1.54, 1.807) is 16.8 Å². The predicted octanol–water partition coefficient (Wildman–Crippen LogP) is 1.53. The van der Waals surface area contributed by atoms with Crippen LogP contribution in [-0.4, -0.2) is 14.6 Å². The lowest BCUT2D eigenvalue weighted by Crippen LogP contribution is -1.90. The summed E-state index contributed by atoms with van der Waals surface area (Å²) in [6.45, 7) is 2.01. The van der Waals surface area contributed by atoms with E-state index in [1.807, 2.05) is 6.92 Å². The number of halogens is 1. The van der Waals surface area contributed by atoms with Gasteiger partial charge >= 0.3 is 0 Å². The molecule has 0 aliphatic rings. The molecule has 0 fully saturated rings. The molecule has 4 nitrogen and oxygen atoms in total. The van der Waals surface area contributed by atoms with E-state index in [0.29, 0.717) is 11.0 Å². The number of nitrogen functional groups attached to an aromatic ring is 1. The van der Waals surface area contributed by atoms with Gasteiger partial charge < -0.3 is 5.73 Å². The molecule has 2 N–H and O–H groups in total. The maximum atomic E-state index is 5.76. The molecule has 2 rings (SSSR count). The molecule has 0 spiro atoms. The maximum absolute atomic E-state index is 5.76. The van der Waals surface area contributed by atoms with E-state index >= 15 is 0 Å². The highest BCUT2D eigenvalue weighted by Gasteiger charge is 2.09. The van der Waals surface area contributed by atoms with Crippen LogP contribution in [0.15, 0.2) is 12.3 Å². The Balaban J connectivity index is 2.80. The first-order valence-electron chi connectivity index (χ1n) is 4.01. The smallest absolute Gasteiger partial charge is 0.162 e. The highest BCUT2D eigenvalue weighted by Crippen LogP contribution is 2.17. The number of rotatable bonds is 1. The fourth-order valence-corrected chi connectivity index (χ4v) is 1.45. The molecule has 0 bridgehead atoms. The van der Waals surface area contributed by atoms with Gasteiger partial charge in [0, 0.05) is 11.8 Å². The quantitative estimate of drug-likeness (QED) is 0.704. The summed E-state index contributed by atoms with van der Waals surface area (Å²) in [5, 5.41) is 4.56. The van der Waals surface area contributed by atoms with E-state index in [2.05, 4.69) is 10.1 Å². The van der Waals surface area contributed by atoms with Crippen LogP contribution in [0.25, 0.3) is 5.65 Å². The van der Waals surface area contributed by atoms with Crippen molar-refractivity contribution in [1.29, 1.82) is 0 Å². The molecule has 0 aliphatic heterocycles. The van der Waals surface area contributed by atoms with Gasteiger partial charge in [-0.2, -0.15) is 0 Å². The van der Waals surface area contributed by atoms with E-state index in [1.165, 1.54) is 0 Å². The lowest BCUT2D eigenvalue weighted by atomic mass is 10.2. The van der Waals surface area contributed by atoms with E-state index in [4.69, 9.17) is 17.3 Å². The first-order valence-corrected chi connectivity index (χ1v) is 4.39. The lowest BCUT2D eigenvalue weighted by Gasteiger charge is -1.94. The number of nitrogens with zero attached hydrogens (tertiary/aromatic N) is 3. The Morgan fingerprint density at radius 3 is 3.08 bits per heavy atom. The largest absolute Gasteiger partial charge is 0.382 e. The van der Waals surface area contributed by atoms with Crippen molar-refractivity contribution in [1.82, 2.24) is 14.6 Å². The molecule has 2 heterocycles. The fraction of sp³-hybridized carbons (Fsp3) is 0.250. The fourth-order valence-electron chi connectivity index (χ4n) is 1.31. The number of nitrogens with two attached hydrogens (primary N) is 1. The van der Waals surface area contributed by atoms with Gasteiger partial charge in [0.1, 0.15) is 5.15 Å². The van der Waals surface area contributed by atoms with Crippen molar-refractivity contribution < 1.29 is 0 Å². The average molecular weight is 197 g/mol. The second kappa shape index (κ2) is 2.88. The summed E-state index contributed by atoms with van der Waals surface area (Å²) >= 11 is 5.76. The highest BCUT2D eigenvalue weighted by molar-refractivity contribution is 6.29. The molecule has 2 aromatic heterocycles. The van der Waals surface area contributed by atoms with Gasteiger partial charge in [-0.15, -0.1) is 5.10 Å². The molecule has 0 aromatic carbocycles. The van der Waals surface area contributed by atoms with Crippen molar-refractivity contribution in [2.24, 2.45) is 0 Å². The molecule has 0 radical (unpaired) electrons. The van der Waals surface area contributed by atoms with E-state index in [0.717, 1.165) is 17.6 Å². The summed E-state index contributed by atoms with van der Waals surface area (Å²) in [6, 6.07) is 1.68. The number of hydrogen-bond acceptors (Lipinski definition) is 3. The molecule has 2 aromatic rings. The standard InChI is InChI=1S/C8H9ClN4/c1-2-5-7(10)12-13-4-3-6(9)11-8(5)13/h3-4H,2H2,1H3,(H2,10,12). The zero-order valence-electron chi connectivity index (χ0n) is 7.16. The van der Waals surface area contributed by atoms with Crippen molar-refractivity contribution in [2.75, 3.05) is 5.73 Å². The van der Waals surface area contributed by atoms with Crippen molar-refractivity contribution >= 4 is 23.1 Å². The summed E-state index contributed by atoms with van der Waals surface area (Å²) in [5.41, 5.74) is 7.39. The molecule has 0 aliphatic carbocycles.